The van der Waals surface area contributed by atoms with Crippen LogP contribution in [-0.2, 0) is 9.59 Å². The van der Waals surface area contributed by atoms with Gasteiger partial charge in [-0.1, -0.05) is 11.6 Å². The van der Waals surface area contributed by atoms with E-state index in [2.05, 4.69) is 5.32 Å². The van der Waals surface area contributed by atoms with Crippen LogP contribution in [0.15, 0.2) is 18.2 Å². The molecule has 2 aliphatic heterocycles. The summed E-state index contributed by atoms with van der Waals surface area (Å²) in [6, 6.07) is 3.52. The van der Waals surface area contributed by atoms with Crippen LogP contribution in [-0.4, -0.2) is 33.4 Å². The van der Waals surface area contributed by atoms with Crippen molar-refractivity contribution in [2.75, 3.05) is 11.1 Å². The summed E-state index contributed by atoms with van der Waals surface area (Å²) >= 11 is 7.28. The second-order valence-electron chi connectivity index (χ2n) is 5.38. The highest BCUT2D eigenvalue weighted by molar-refractivity contribution is 8.01. The van der Waals surface area contributed by atoms with E-state index in [1.165, 1.54) is 12.1 Å². The topological polar surface area (TPSA) is 49.4 Å². The summed E-state index contributed by atoms with van der Waals surface area (Å²) in [5, 5.41) is 2.82. The predicted molar refractivity (Wildman–Crippen MR) is 80.8 cm³/mol. The second-order valence-corrected chi connectivity index (χ2v) is 7.32. The van der Waals surface area contributed by atoms with Crippen LogP contribution in [0.3, 0.4) is 0 Å². The second kappa shape index (κ2) is 5.18. The molecule has 7 heteroatoms. The largest absolute Gasteiger partial charge is 0.322 e. The van der Waals surface area contributed by atoms with Crippen LogP contribution in [0.4, 0.5) is 10.1 Å². The molecule has 0 aromatic heterocycles. The molecule has 2 unspecified atom stereocenters. The average molecular weight is 329 g/mol. The highest BCUT2D eigenvalue weighted by Crippen LogP contribution is 2.47. The Morgan fingerprint density at radius 2 is 2.33 bits per heavy atom. The summed E-state index contributed by atoms with van der Waals surface area (Å²) in [4.78, 5) is 25.7. The lowest BCUT2D eigenvalue weighted by atomic mass is 10.2. The Morgan fingerprint density at radius 3 is 3.05 bits per heavy atom. The number of benzene rings is 1. The van der Waals surface area contributed by atoms with E-state index < -0.39 is 11.9 Å². The fourth-order valence-corrected chi connectivity index (χ4v) is 4.41. The molecule has 1 aromatic carbocycles. The van der Waals surface area contributed by atoms with E-state index in [9.17, 15) is 14.0 Å². The quantitative estimate of drug-likeness (QED) is 0.908. The molecule has 3 rings (SSSR count). The van der Waals surface area contributed by atoms with Gasteiger partial charge in [-0.25, -0.2) is 4.39 Å². The minimum absolute atomic E-state index is 0.0146. The molecule has 4 nitrogen and oxygen atoms in total. The number of thioether (sulfide) groups is 1. The first-order valence-corrected chi connectivity index (χ1v) is 7.99. The number of hydrogen-bond donors (Lipinski definition) is 1. The van der Waals surface area contributed by atoms with E-state index in [1.807, 2.05) is 6.92 Å². The summed E-state index contributed by atoms with van der Waals surface area (Å²) in [5.41, 5.74) is 0.0784. The monoisotopic (exact) mass is 328 g/mol. The maximum Gasteiger partial charge on any atom is 0.248 e. The van der Waals surface area contributed by atoms with Crippen LogP contribution >= 0.6 is 23.4 Å². The van der Waals surface area contributed by atoms with E-state index in [4.69, 9.17) is 11.6 Å². The molecule has 2 amide bonds. The van der Waals surface area contributed by atoms with Crippen LogP contribution in [0.5, 0.6) is 0 Å². The van der Waals surface area contributed by atoms with Crippen molar-refractivity contribution in [3.8, 4) is 0 Å². The molecule has 2 saturated heterocycles. The summed E-state index contributed by atoms with van der Waals surface area (Å²) in [6.45, 7) is 1.97. The minimum atomic E-state index is -0.586. The zero-order valence-corrected chi connectivity index (χ0v) is 12.9. The fourth-order valence-electron chi connectivity index (χ4n) is 2.82. The number of amides is 2. The molecular formula is C14H14ClFN2O2S. The lowest BCUT2D eigenvalue weighted by Crippen LogP contribution is -2.48. The van der Waals surface area contributed by atoms with Crippen LogP contribution in [0, 0.1) is 5.82 Å². The van der Waals surface area contributed by atoms with Crippen molar-refractivity contribution in [3.05, 3.63) is 29.0 Å². The molecule has 1 N–H and O–H groups in total. The van der Waals surface area contributed by atoms with E-state index in [-0.39, 0.29) is 27.4 Å². The third-order valence-corrected chi connectivity index (χ3v) is 5.68. The van der Waals surface area contributed by atoms with Gasteiger partial charge in [-0.15, -0.1) is 11.8 Å². The Hall–Kier alpha value is -1.27. The number of rotatable bonds is 2. The number of nitrogens with zero attached hydrogens (tertiary/aromatic N) is 1. The van der Waals surface area contributed by atoms with E-state index in [0.29, 0.717) is 12.2 Å². The predicted octanol–water partition coefficient (Wildman–Crippen LogP) is 2.87. The first-order chi connectivity index (χ1) is 9.90. The molecule has 2 heterocycles. The van der Waals surface area contributed by atoms with Gasteiger partial charge in [0.05, 0.1) is 10.6 Å². The van der Waals surface area contributed by atoms with Gasteiger partial charge in [0.15, 0.2) is 0 Å². The molecular weight excluding hydrogens is 315 g/mol. The molecule has 2 fully saturated rings. The molecule has 0 saturated carbocycles. The number of halogens is 2. The van der Waals surface area contributed by atoms with Crippen LogP contribution in [0.2, 0.25) is 5.02 Å². The van der Waals surface area contributed by atoms with Crippen molar-refractivity contribution in [3.63, 3.8) is 0 Å². The normalized spacial score (nSPS) is 27.9. The zero-order valence-electron chi connectivity index (χ0n) is 11.4. The van der Waals surface area contributed by atoms with Gasteiger partial charge in [-0.3, -0.25) is 9.59 Å². The zero-order chi connectivity index (χ0) is 15.2. The molecule has 0 radical (unpaired) electrons. The van der Waals surface area contributed by atoms with Crippen molar-refractivity contribution in [1.82, 2.24) is 4.90 Å². The Labute approximate surface area is 131 Å². The Bertz CT molecular complexity index is 627. The van der Waals surface area contributed by atoms with Gasteiger partial charge in [-0.05, 0) is 31.5 Å². The molecule has 2 atom stereocenters. The standard InChI is InChI=1S/C14H14ClFN2O2S/c1-14-5-4-12(19)18(14)11(7-21-14)13(20)17-10-3-2-8(15)6-9(10)16/h2-3,6,11H,4-5,7H2,1H3,(H,17,20). The SMILES string of the molecule is CC12CCC(=O)N1C(C(=O)Nc1ccc(Cl)cc1F)CS2. The summed E-state index contributed by atoms with van der Waals surface area (Å²) in [6.07, 6.45) is 1.21. The van der Waals surface area contributed by atoms with Gasteiger partial charge < -0.3 is 10.2 Å². The Kier molecular flexibility index (Phi) is 3.61. The van der Waals surface area contributed by atoms with Crippen molar-refractivity contribution in [1.29, 1.82) is 0 Å². The van der Waals surface area contributed by atoms with Crippen molar-refractivity contribution in [2.24, 2.45) is 0 Å². The van der Waals surface area contributed by atoms with Crippen LogP contribution in [0.25, 0.3) is 0 Å². The summed E-state index contributed by atoms with van der Waals surface area (Å²) in [7, 11) is 0. The number of fused-ring (bicyclic) bond motifs is 1. The van der Waals surface area contributed by atoms with E-state index >= 15 is 0 Å². The van der Waals surface area contributed by atoms with Gasteiger partial charge in [0.25, 0.3) is 0 Å². The average Bonchev–Trinajstić information content (AvgIpc) is 2.90. The van der Waals surface area contributed by atoms with Gasteiger partial charge >= 0.3 is 0 Å². The lowest BCUT2D eigenvalue weighted by Gasteiger charge is -2.29. The smallest absolute Gasteiger partial charge is 0.248 e. The maximum absolute atomic E-state index is 13.7. The molecule has 1 aromatic rings. The van der Waals surface area contributed by atoms with Crippen LogP contribution < -0.4 is 5.32 Å². The van der Waals surface area contributed by atoms with Crippen molar-refractivity contribution in [2.45, 2.75) is 30.7 Å². The van der Waals surface area contributed by atoms with E-state index in [0.717, 1.165) is 12.5 Å². The Morgan fingerprint density at radius 1 is 1.57 bits per heavy atom. The van der Waals surface area contributed by atoms with Crippen molar-refractivity contribution < 1.29 is 14.0 Å². The Balaban J connectivity index is 1.78. The van der Waals surface area contributed by atoms with Crippen LogP contribution in [0.1, 0.15) is 19.8 Å². The van der Waals surface area contributed by atoms with Gasteiger partial charge in [-0.2, -0.15) is 0 Å². The van der Waals surface area contributed by atoms with Gasteiger partial charge in [0.1, 0.15) is 11.9 Å². The number of anilines is 1. The molecule has 0 bridgehead atoms. The van der Waals surface area contributed by atoms with Gasteiger partial charge in [0.2, 0.25) is 11.8 Å². The summed E-state index contributed by atoms with van der Waals surface area (Å²) in [5.74, 6) is -0.428. The number of hydrogen-bond acceptors (Lipinski definition) is 3. The third kappa shape index (κ3) is 2.51. The fraction of sp³-hybridized carbons (Fsp3) is 0.429. The number of nitrogens with one attached hydrogen (secondary N) is 1. The number of carbonyl (C=O) groups is 2. The molecule has 0 spiro atoms. The van der Waals surface area contributed by atoms with Gasteiger partial charge in [0, 0.05) is 17.2 Å². The lowest BCUT2D eigenvalue weighted by molar-refractivity contribution is -0.135. The summed E-state index contributed by atoms with van der Waals surface area (Å²) < 4.78 is 13.7. The maximum atomic E-state index is 13.7. The minimum Gasteiger partial charge on any atom is -0.322 e. The molecule has 112 valence electrons. The molecule has 21 heavy (non-hydrogen) atoms. The van der Waals surface area contributed by atoms with E-state index in [1.54, 1.807) is 16.7 Å². The first kappa shape index (κ1) is 14.7. The number of carbonyl (C=O) groups excluding carboxylic acids is 2. The highest BCUT2D eigenvalue weighted by Gasteiger charge is 2.52. The first-order valence-electron chi connectivity index (χ1n) is 6.63. The van der Waals surface area contributed by atoms with Crippen molar-refractivity contribution >= 4 is 40.9 Å². The molecule has 0 aliphatic carbocycles. The highest BCUT2D eigenvalue weighted by atomic mass is 35.5. The molecule has 2 aliphatic rings. The third-order valence-electron chi connectivity index (χ3n) is 3.94.